The maximum Gasteiger partial charge on any atom is 0.306 e. The van der Waals surface area contributed by atoms with E-state index in [-0.39, 0.29) is 37.5 Å². The summed E-state index contributed by atoms with van der Waals surface area (Å²) in [5, 5.41) is 0. The second-order valence-corrected chi connectivity index (χ2v) is 23.4. The molecule has 0 aliphatic carbocycles. The molecule has 0 aromatic carbocycles. The lowest BCUT2D eigenvalue weighted by atomic mass is 10.0. The summed E-state index contributed by atoms with van der Waals surface area (Å²) in [6.07, 6.45) is 94.5. The molecule has 0 fully saturated rings. The first kappa shape index (κ1) is 78.3. The zero-order chi connectivity index (χ0) is 59.2. The molecule has 0 aromatic rings. The van der Waals surface area contributed by atoms with Gasteiger partial charge in [0.25, 0.3) is 0 Å². The summed E-state index contributed by atoms with van der Waals surface area (Å²) in [4.78, 5) is 38.4. The Bertz CT molecular complexity index is 1590. The Morgan fingerprint density at radius 1 is 0.256 bits per heavy atom. The maximum atomic E-state index is 12.9. The van der Waals surface area contributed by atoms with Crippen molar-refractivity contribution in [2.45, 2.75) is 354 Å². The third kappa shape index (κ3) is 67.1. The molecule has 0 amide bonds. The second kappa shape index (κ2) is 69.8. The highest BCUT2D eigenvalue weighted by Crippen LogP contribution is 2.18. The van der Waals surface area contributed by atoms with Crippen molar-refractivity contribution < 1.29 is 28.6 Å². The monoisotopic (exact) mass is 1140 g/mol. The number of unbranched alkanes of at least 4 members (excludes halogenated alkanes) is 37. The number of rotatable bonds is 64. The molecule has 0 N–H and O–H groups in total. The van der Waals surface area contributed by atoms with Crippen LogP contribution in [0.4, 0.5) is 0 Å². The van der Waals surface area contributed by atoms with Gasteiger partial charge in [0, 0.05) is 19.3 Å². The van der Waals surface area contributed by atoms with Crippen LogP contribution in [0, 0.1) is 0 Å². The molecule has 0 aliphatic rings. The number of carbonyl (C=O) groups is 3. The van der Waals surface area contributed by atoms with E-state index in [4.69, 9.17) is 14.2 Å². The number of allylic oxidation sites excluding steroid dienone is 16. The van der Waals surface area contributed by atoms with Crippen LogP contribution in [-0.4, -0.2) is 37.2 Å². The van der Waals surface area contributed by atoms with Gasteiger partial charge in [-0.05, 0) is 89.9 Å². The van der Waals surface area contributed by atoms with E-state index in [0.717, 1.165) is 83.5 Å². The summed E-state index contributed by atoms with van der Waals surface area (Å²) in [5.41, 5.74) is 0. The largest absolute Gasteiger partial charge is 0.462 e. The lowest BCUT2D eigenvalue weighted by Gasteiger charge is -2.18. The van der Waals surface area contributed by atoms with Crippen LogP contribution < -0.4 is 0 Å². The third-order valence-electron chi connectivity index (χ3n) is 15.3. The van der Waals surface area contributed by atoms with Gasteiger partial charge in [-0.15, -0.1) is 0 Å². The molecule has 1 atom stereocenters. The average molecular weight is 1140 g/mol. The van der Waals surface area contributed by atoms with E-state index >= 15 is 0 Å². The summed E-state index contributed by atoms with van der Waals surface area (Å²) < 4.78 is 16.9. The fourth-order valence-electron chi connectivity index (χ4n) is 10.1. The summed E-state index contributed by atoms with van der Waals surface area (Å²) in [7, 11) is 0. The molecule has 0 saturated heterocycles. The lowest BCUT2D eigenvalue weighted by molar-refractivity contribution is -0.166. The van der Waals surface area contributed by atoms with Gasteiger partial charge < -0.3 is 14.2 Å². The Morgan fingerprint density at radius 3 is 0.817 bits per heavy atom. The molecule has 0 aromatic heterocycles. The first-order valence-corrected chi connectivity index (χ1v) is 35.2. The highest BCUT2D eigenvalue weighted by atomic mass is 16.6. The van der Waals surface area contributed by atoms with Gasteiger partial charge in [0.05, 0.1) is 0 Å². The molecule has 472 valence electrons. The first-order valence-electron chi connectivity index (χ1n) is 35.2. The molecule has 6 heteroatoms. The van der Waals surface area contributed by atoms with Crippen LogP contribution in [0.1, 0.15) is 348 Å². The van der Waals surface area contributed by atoms with E-state index < -0.39 is 6.10 Å². The molecule has 82 heavy (non-hydrogen) atoms. The van der Waals surface area contributed by atoms with Crippen molar-refractivity contribution in [3.63, 3.8) is 0 Å². The Labute approximate surface area is 508 Å². The SMILES string of the molecule is CC/C=C\C/C=C\C/C=C\C/C=C\C/C=C\C/C=C\CCC(=O)OC(COC(=O)CCCCCCCCCCC/C=C\C/C=C\CCCCC)COC(=O)CCCCCCCCCCCCCCCCCCCCCCCCCCCC. The topological polar surface area (TPSA) is 78.9 Å². The molecule has 0 rings (SSSR count). The molecule has 0 heterocycles. The van der Waals surface area contributed by atoms with Crippen LogP contribution in [0.2, 0.25) is 0 Å². The van der Waals surface area contributed by atoms with Gasteiger partial charge in [-0.2, -0.15) is 0 Å². The molecule has 0 spiro atoms. The lowest BCUT2D eigenvalue weighted by Crippen LogP contribution is -2.30. The van der Waals surface area contributed by atoms with Gasteiger partial charge in [0.2, 0.25) is 0 Å². The number of ether oxygens (including phenoxy) is 3. The number of esters is 3. The Balaban J connectivity index is 4.39. The fourth-order valence-corrected chi connectivity index (χ4v) is 10.1. The fraction of sp³-hybridized carbons (Fsp3) is 0.750. The molecule has 6 nitrogen and oxygen atoms in total. The quantitative estimate of drug-likeness (QED) is 0.0261. The third-order valence-corrected chi connectivity index (χ3v) is 15.3. The van der Waals surface area contributed by atoms with E-state index in [9.17, 15) is 14.4 Å². The highest BCUT2D eigenvalue weighted by molar-refractivity contribution is 5.71. The number of carbonyl (C=O) groups excluding carboxylic acids is 3. The summed E-state index contributed by atoms with van der Waals surface area (Å²) in [6, 6.07) is 0. The van der Waals surface area contributed by atoms with Crippen LogP contribution in [0.25, 0.3) is 0 Å². The van der Waals surface area contributed by atoms with Crippen molar-refractivity contribution in [2.75, 3.05) is 13.2 Å². The van der Waals surface area contributed by atoms with E-state index in [2.05, 4.69) is 112 Å². The van der Waals surface area contributed by atoms with Crippen molar-refractivity contribution in [3.8, 4) is 0 Å². The van der Waals surface area contributed by atoms with Crippen LogP contribution in [0.15, 0.2) is 97.2 Å². The molecular weight excluding hydrogens is 1010 g/mol. The van der Waals surface area contributed by atoms with Crippen molar-refractivity contribution in [1.29, 1.82) is 0 Å². The van der Waals surface area contributed by atoms with Gasteiger partial charge >= 0.3 is 17.9 Å². The molecule has 0 saturated carbocycles. The van der Waals surface area contributed by atoms with Gasteiger partial charge in [-0.3, -0.25) is 14.4 Å². The summed E-state index contributed by atoms with van der Waals surface area (Å²) >= 11 is 0. The highest BCUT2D eigenvalue weighted by Gasteiger charge is 2.19. The van der Waals surface area contributed by atoms with Crippen molar-refractivity contribution in [3.05, 3.63) is 97.2 Å². The molecule has 1 unspecified atom stereocenters. The molecule has 0 bridgehead atoms. The molecule has 0 radical (unpaired) electrons. The van der Waals surface area contributed by atoms with Crippen molar-refractivity contribution in [2.24, 2.45) is 0 Å². The molecule has 0 aliphatic heterocycles. The van der Waals surface area contributed by atoms with Gasteiger partial charge in [-0.25, -0.2) is 0 Å². The van der Waals surface area contributed by atoms with E-state index in [1.165, 1.54) is 218 Å². The Morgan fingerprint density at radius 2 is 0.500 bits per heavy atom. The predicted octanol–water partition coefficient (Wildman–Crippen LogP) is 24.4. The zero-order valence-corrected chi connectivity index (χ0v) is 54.2. The molecular formula is C76H132O6. The minimum absolute atomic E-state index is 0.106. The second-order valence-electron chi connectivity index (χ2n) is 23.4. The number of hydrogen-bond donors (Lipinski definition) is 0. The van der Waals surface area contributed by atoms with Gasteiger partial charge in [0.15, 0.2) is 6.10 Å². The van der Waals surface area contributed by atoms with Crippen LogP contribution in [0.3, 0.4) is 0 Å². The Kier molecular flexibility index (Phi) is 66.7. The van der Waals surface area contributed by atoms with Gasteiger partial charge in [-0.1, -0.05) is 336 Å². The van der Waals surface area contributed by atoms with Crippen LogP contribution >= 0.6 is 0 Å². The first-order chi connectivity index (χ1) is 40.5. The maximum absolute atomic E-state index is 12.9. The standard InChI is InChI=1S/C76H132O6/c1-4-7-10-13-16-19-22-25-28-31-34-35-36-37-38-39-40-43-45-48-51-54-57-60-63-66-69-75(78)81-72-73(82-76(79)70-67-64-61-58-55-52-49-46-42-33-30-27-24-21-18-15-12-9-6-3)71-80-74(77)68-65-62-59-56-53-50-47-44-41-32-29-26-23-20-17-14-11-8-5-2/h9,12,17-18,20-21,26-27,29-30,42,46,52,55,61,64,73H,4-8,10-11,13-16,19,22-25,28,31-41,43-45,47-51,53-54,56-60,62-63,65-72H2,1-3H3/b12-9-,20-17-,21-18-,29-26-,30-27-,46-42-,55-52-,64-61-. The normalized spacial score (nSPS) is 12.7. The van der Waals surface area contributed by atoms with Crippen molar-refractivity contribution >= 4 is 17.9 Å². The average Bonchev–Trinajstić information content (AvgIpc) is 3.48. The Hall–Kier alpha value is -3.67. The number of hydrogen-bond acceptors (Lipinski definition) is 6. The van der Waals surface area contributed by atoms with Crippen LogP contribution in [-0.2, 0) is 28.6 Å². The summed E-state index contributed by atoms with van der Waals surface area (Å²) in [6.45, 7) is 6.49. The smallest absolute Gasteiger partial charge is 0.306 e. The van der Waals surface area contributed by atoms with Crippen LogP contribution in [0.5, 0.6) is 0 Å². The summed E-state index contributed by atoms with van der Waals surface area (Å²) in [5.74, 6) is -0.980. The predicted molar refractivity (Wildman–Crippen MR) is 357 cm³/mol. The van der Waals surface area contributed by atoms with E-state index in [1.807, 2.05) is 6.08 Å². The van der Waals surface area contributed by atoms with Crippen molar-refractivity contribution in [1.82, 2.24) is 0 Å². The van der Waals surface area contributed by atoms with E-state index in [1.54, 1.807) is 0 Å². The van der Waals surface area contributed by atoms with E-state index in [0.29, 0.717) is 19.3 Å². The minimum Gasteiger partial charge on any atom is -0.462 e. The zero-order valence-electron chi connectivity index (χ0n) is 54.2. The van der Waals surface area contributed by atoms with Gasteiger partial charge in [0.1, 0.15) is 13.2 Å². The minimum atomic E-state index is -0.821.